The van der Waals surface area contributed by atoms with Crippen LogP contribution in [0.3, 0.4) is 0 Å². The summed E-state index contributed by atoms with van der Waals surface area (Å²) in [6, 6.07) is 18.0. The van der Waals surface area contributed by atoms with Crippen LogP contribution in [0.25, 0.3) is 0 Å². The predicted molar refractivity (Wildman–Crippen MR) is 98.8 cm³/mol. The number of pyridine rings is 1. The van der Waals surface area contributed by atoms with Gasteiger partial charge in [0.25, 0.3) is 5.91 Å². The summed E-state index contributed by atoms with van der Waals surface area (Å²) in [5.74, 6) is -0.457. The molecule has 1 amide bonds. The quantitative estimate of drug-likeness (QED) is 0.774. The lowest BCUT2D eigenvalue weighted by Crippen LogP contribution is -2.36. The number of benzene rings is 2. The summed E-state index contributed by atoms with van der Waals surface area (Å²) in [5.41, 5.74) is 3.81. The maximum absolute atomic E-state index is 13.8. The number of rotatable bonds is 3. The molecule has 1 aliphatic heterocycles. The molecule has 4 rings (SSSR count). The van der Waals surface area contributed by atoms with Crippen LogP contribution in [0.2, 0.25) is 0 Å². The van der Waals surface area contributed by atoms with Gasteiger partial charge < -0.3 is 10.2 Å². The molecule has 26 heavy (non-hydrogen) atoms. The lowest BCUT2D eigenvalue weighted by Gasteiger charge is -2.28. The van der Waals surface area contributed by atoms with Crippen LogP contribution in [0.15, 0.2) is 66.9 Å². The van der Waals surface area contributed by atoms with Crippen molar-refractivity contribution in [1.82, 2.24) is 9.88 Å². The van der Waals surface area contributed by atoms with E-state index in [4.69, 9.17) is 0 Å². The number of nitrogens with zero attached hydrogens (tertiary/aromatic N) is 2. The number of para-hydroxylation sites is 1. The van der Waals surface area contributed by atoms with Crippen LogP contribution < -0.4 is 5.32 Å². The summed E-state index contributed by atoms with van der Waals surface area (Å²) >= 11 is 0. The molecule has 0 atom stereocenters. The lowest BCUT2D eigenvalue weighted by atomic mass is 10.00. The first kappa shape index (κ1) is 16.3. The van der Waals surface area contributed by atoms with Crippen molar-refractivity contribution in [2.24, 2.45) is 0 Å². The highest BCUT2D eigenvalue weighted by molar-refractivity contribution is 5.93. The highest BCUT2D eigenvalue weighted by atomic mass is 19.1. The summed E-state index contributed by atoms with van der Waals surface area (Å²) in [6.07, 6.45) is 2.41. The first-order valence-corrected chi connectivity index (χ1v) is 8.54. The molecule has 0 unspecified atom stereocenters. The molecule has 0 radical (unpaired) electrons. The fourth-order valence-corrected chi connectivity index (χ4v) is 3.17. The molecule has 0 saturated carbocycles. The molecule has 2 heterocycles. The molecular weight excluding hydrogens is 329 g/mol. The van der Waals surface area contributed by atoms with Gasteiger partial charge in [0.15, 0.2) is 0 Å². The van der Waals surface area contributed by atoms with Crippen LogP contribution in [-0.4, -0.2) is 22.3 Å². The average Bonchev–Trinajstić information content (AvgIpc) is 2.69. The Hall–Kier alpha value is -3.21. The number of nitrogens with one attached hydrogen (secondary N) is 1. The van der Waals surface area contributed by atoms with Gasteiger partial charge in [-0.2, -0.15) is 0 Å². The van der Waals surface area contributed by atoms with Crippen molar-refractivity contribution in [2.45, 2.75) is 13.0 Å². The second-order valence-electron chi connectivity index (χ2n) is 6.28. The van der Waals surface area contributed by atoms with E-state index in [0.717, 1.165) is 6.42 Å². The smallest absolute Gasteiger partial charge is 0.272 e. The highest BCUT2D eigenvalue weighted by Crippen LogP contribution is 2.22. The topological polar surface area (TPSA) is 45.2 Å². The summed E-state index contributed by atoms with van der Waals surface area (Å²) in [7, 11) is 0. The molecular formula is C21H18FN3O. The van der Waals surface area contributed by atoms with Crippen LogP contribution in [0, 0.1) is 5.82 Å². The van der Waals surface area contributed by atoms with Crippen LogP contribution in [0.5, 0.6) is 0 Å². The molecule has 3 aromatic rings. The SMILES string of the molecule is O=C(c1cc(Nc2ccccc2F)ccn1)N1CCc2ccccc2C1. The van der Waals surface area contributed by atoms with Crippen molar-refractivity contribution in [2.75, 3.05) is 11.9 Å². The summed E-state index contributed by atoms with van der Waals surface area (Å²) in [6.45, 7) is 1.25. The third kappa shape index (κ3) is 3.28. The molecule has 2 aromatic carbocycles. The first-order valence-electron chi connectivity index (χ1n) is 8.54. The molecule has 0 aliphatic carbocycles. The van der Waals surface area contributed by atoms with Gasteiger partial charge in [-0.25, -0.2) is 4.39 Å². The van der Waals surface area contributed by atoms with Crippen molar-refractivity contribution in [1.29, 1.82) is 0 Å². The minimum absolute atomic E-state index is 0.114. The van der Waals surface area contributed by atoms with Crippen LogP contribution in [0.1, 0.15) is 21.6 Å². The van der Waals surface area contributed by atoms with E-state index in [1.165, 1.54) is 17.2 Å². The fourth-order valence-electron chi connectivity index (χ4n) is 3.17. The monoisotopic (exact) mass is 347 g/mol. The van der Waals surface area contributed by atoms with Gasteiger partial charge in [0.05, 0.1) is 5.69 Å². The largest absolute Gasteiger partial charge is 0.353 e. The third-order valence-corrected chi connectivity index (χ3v) is 4.55. The van der Waals surface area contributed by atoms with Gasteiger partial charge in [0.1, 0.15) is 11.5 Å². The zero-order valence-electron chi connectivity index (χ0n) is 14.2. The predicted octanol–water partition coefficient (Wildman–Crippen LogP) is 4.16. The van der Waals surface area contributed by atoms with E-state index < -0.39 is 0 Å². The Labute approximate surface area is 151 Å². The minimum atomic E-state index is -0.343. The fraction of sp³-hybridized carbons (Fsp3) is 0.143. The maximum atomic E-state index is 13.8. The van der Waals surface area contributed by atoms with E-state index >= 15 is 0 Å². The Morgan fingerprint density at radius 1 is 1.04 bits per heavy atom. The molecule has 5 heteroatoms. The van der Waals surface area contributed by atoms with Gasteiger partial charge >= 0.3 is 0 Å². The number of carbonyl (C=O) groups is 1. The normalized spacial score (nSPS) is 13.2. The molecule has 130 valence electrons. The maximum Gasteiger partial charge on any atom is 0.272 e. The minimum Gasteiger partial charge on any atom is -0.353 e. The number of halogens is 1. The number of carbonyl (C=O) groups excluding carboxylic acids is 1. The zero-order chi connectivity index (χ0) is 17.9. The molecule has 1 aliphatic rings. The van der Waals surface area contributed by atoms with Gasteiger partial charge in [-0.15, -0.1) is 0 Å². The van der Waals surface area contributed by atoms with Crippen molar-refractivity contribution in [3.8, 4) is 0 Å². The van der Waals surface area contributed by atoms with Crippen LogP contribution in [-0.2, 0) is 13.0 Å². The van der Waals surface area contributed by atoms with E-state index in [0.29, 0.717) is 30.2 Å². The lowest BCUT2D eigenvalue weighted by molar-refractivity contribution is 0.0729. The van der Waals surface area contributed by atoms with Gasteiger partial charge in [0, 0.05) is 25.0 Å². The third-order valence-electron chi connectivity index (χ3n) is 4.55. The van der Waals surface area contributed by atoms with E-state index in [9.17, 15) is 9.18 Å². The number of hydrogen-bond donors (Lipinski definition) is 1. The Morgan fingerprint density at radius 3 is 2.65 bits per heavy atom. The first-order chi connectivity index (χ1) is 12.7. The molecule has 1 aromatic heterocycles. The Morgan fingerprint density at radius 2 is 1.81 bits per heavy atom. The second kappa shape index (κ2) is 6.96. The molecule has 4 nitrogen and oxygen atoms in total. The number of hydrogen-bond acceptors (Lipinski definition) is 3. The number of aromatic nitrogens is 1. The van der Waals surface area contributed by atoms with E-state index in [2.05, 4.69) is 22.4 Å². The van der Waals surface area contributed by atoms with Crippen molar-refractivity contribution >= 4 is 17.3 Å². The Kier molecular flexibility index (Phi) is 4.35. The highest BCUT2D eigenvalue weighted by Gasteiger charge is 2.22. The zero-order valence-corrected chi connectivity index (χ0v) is 14.2. The van der Waals surface area contributed by atoms with Crippen LogP contribution >= 0.6 is 0 Å². The van der Waals surface area contributed by atoms with Gasteiger partial charge in [-0.3, -0.25) is 9.78 Å². The standard InChI is InChI=1S/C21H18FN3O/c22-18-7-3-4-8-19(18)24-17-9-11-23-20(13-17)21(26)25-12-10-15-5-1-2-6-16(15)14-25/h1-9,11,13H,10,12,14H2,(H,23,24). The number of amides is 1. The molecule has 0 bridgehead atoms. The average molecular weight is 347 g/mol. The van der Waals surface area contributed by atoms with Crippen LogP contribution in [0.4, 0.5) is 15.8 Å². The molecule has 0 saturated heterocycles. The summed E-state index contributed by atoms with van der Waals surface area (Å²) < 4.78 is 13.8. The van der Waals surface area contributed by atoms with E-state index in [1.807, 2.05) is 12.1 Å². The van der Waals surface area contributed by atoms with Crippen molar-refractivity contribution in [3.63, 3.8) is 0 Å². The van der Waals surface area contributed by atoms with Gasteiger partial charge in [0.2, 0.25) is 0 Å². The van der Waals surface area contributed by atoms with Gasteiger partial charge in [-0.05, 0) is 41.8 Å². The summed E-state index contributed by atoms with van der Waals surface area (Å²) in [4.78, 5) is 18.9. The van der Waals surface area contributed by atoms with E-state index in [1.54, 1.807) is 41.4 Å². The van der Waals surface area contributed by atoms with Crippen molar-refractivity contribution < 1.29 is 9.18 Å². The van der Waals surface area contributed by atoms with Crippen molar-refractivity contribution in [3.05, 3.63) is 89.5 Å². The second-order valence-corrected chi connectivity index (χ2v) is 6.28. The molecule has 0 spiro atoms. The number of anilines is 2. The number of fused-ring (bicyclic) bond motifs is 1. The summed E-state index contributed by atoms with van der Waals surface area (Å²) in [5, 5.41) is 3.00. The Balaban J connectivity index is 1.53. The molecule has 0 fully saturated rings. The molecule has 1 N–H and O–H groups in total. The Bertz CT molecular complexity index is 957. The van der Waals surface area contributed by atoms with E-state index in [-0.39, 0.29) is 11.7 Å². The van der Waals surface area contributed by atoms with Gasteiger partial charge in [-0.1, -0.05) is 36.4 Å².